The van der Waals surface area contributed by atoms with E-state index in [-0.39, 0.29) is 0 Å². The summed E-state index contributed by atoms with van der Waals surface area (Å²) in [6, 6.07) is 10.2. The van der Waals surface area contributed by atoms with Gasteiger partial charge in [0.1, 0.15) is 16.5 Å². The number of halogens is 1. The smallest absolute Gasteiger partial charge is 0.181 e. The lowest BCUT2D eigenvalue weighted by Crippen LogP contribution is -2.31. The molecule has 2 heterocycles. The summed E-state index contributed by atoms with van der Waals surface area (Å²) in [4.78, 5) is 7.83. The van der Waals surface area contributed by atoms with Crippen LogP contribution in [0.15, 0.2) is 36.9 Å². The zero-order valence-electron chi connectivity index (χ0n) is 14.2. The molecule has 0 saturated carbocycles. The molecule has 0 N–H and O–H groups in total. The monoisotopic (exact) mass is 346 g/mol. The predicted molar refractivity (Wildman–Crippen MR) is 100 cm³/mol. The van der Waals surface area contributed by atoms with Crippen molar-refractivity contribution in [3.05, 3.63) is 36.9 Å². The molecule has 0 unspecified atom stereocenters. The maximum Gasteiger partial charge on any atom is 0.181 e. The molecule has 2 aromatic rings. The molecule has 6 heteroatoms. The molecular weight excluding hydrogens is 324 g/mol. The van der Waals surface area contributed by atoms with E-state index >= 15 is 0 Å². The molecule has 3 rings (SSSR count). The highest BCUT2D eigenvalue weighted by Gasteiger charge is 2.28. The maximum absolute atomic E-state index is 6.23. The standard InChI is InChI=1S/C18H23ClN4O/c1-14(19)23-18(21(2)24-3)17(22-12-8-5-9-13-22)16(20-23)15-10-6-4-7-11-15/h4,6-7,10-11H,1,5,8-9,12-13H2,2-3H3. The van der Waals surface area contributed by atoms with E-state index in [1.165, 1.54) is 19.3 Å². The van der Waals surface area contributed by atoms with Crippen LogP contribution in [0.25, 0.3) is 16.4 Å². The van der Waals surface area contributed by atoms with Gasteiger partial charge in [-0.3, -0.25) is 4.84 Å². The Balaban J connectivity index is 2.21. The van der Waals surface area contributed by atoms with Gasteiger partial charge in [-0.2, -0.15) is 5.10 Å². The van der Waals surface area contributed by atoms with Gasteiger partial charge in [0.25, 0.3) is 0 Å². The molecular formula is C18H23ClN4O. The van der Waals surface area contributed by atoms with Crippen molar-refractivity contribution in [3.63, 3.8) is 0 Å². The van der Waals surface area contributed by atoms with Crippen LogP contribution in [0, 0.1) is 0 Å². The Morgan fingerprint density at radius 3 is 2.46 bits per heavy atom. The first-order valence-electron chi connectivity index (χ1n) is 8.19. The van der Waals surface area contributed by atoms with Gasteiger partial charge in [0, 0.05) is 25.7 Å². The van der Waals surface area contributed by atoms with Crippen LogP contribution in [0.1, 0.15) is 19.3 Å². The van der Waals surface area contributed by atoms with E-state index in [0.717, 1.165) is 35.9 Å². The highest BCUT2D eigenvalue weighted by atomic mass is 35.5. The van der Waals surface area contributed by atoms with E-state index in [2.05, 4.69) is 23.6 Å². The third kappa shape index (κ3) is 3.14. The van der Waals surface area contributed by atoms with Crippen LogP contribution < -0.4 is 9.96 Å². The molecule has 0 atom stereocenters. The number of benzene rings is 1. The lowest BCUT2D eigenvalue weighted by molar-refractivity contribution is 0.181. The van der Waals surface area contributed by atoms with Crippen LogP contribution in [0.4, 0.5) is 11.5 Å². The second kappa shape index (κ2) is 7.28. The Hall–Kier alpha value is -1.98. The molecule has 1 aromatic heterocycles. The van der Waals surface area contributed by atoms with E-state index in [0.29, 0.717) is 5.16 Å². The Labute approximate surface area is 148 Å². The van der Waals surface area contributed by atoms with Crippen molar-refractivity contribution in [2.24, 2.45) is 0 Å². The van der Waals surface area contributed by atoms with Gasteiger partial charge in [-0.1, -0.05) is 48.5 Å². The fourth-order valence-electron chi connectivity index (χ4n) is 3.14. The minimum Gasteiger partial charge on any atom is -0.367 e. The van der Waals surface area contributed by atoms with E-state index in [4.69, 9.17) is 21.5 Å². The normalized spacial score (nSPS) is 14.7. The van der Waals surface area contributed by atoms with Crippen LogP contribution in [0.5, 0.6) is 0 Å². The van der Waals surface area contributed by atoms with Gasteiger partial charge >= 0.3 is 0 Å². The molecule has 1 saturated heterocycles. The molecule has 0 amide bonds. The molecule has 1 aliphatic heterocycles. The Morgan fingerprint density at radius 1 is 1.21 bits per heavy atom. The van der Waals surface area contributed by atoms with Gasteiger partial charge in [-0.15, -0.1) is 0 Å². The quantitative estimate of drug-likeness (QED) is 0.759. The number of hydrogen-bond donors (Lipinski definition) is 0. The molecule has 0 aliphatic carbocycles. The number of nitrogens with zero attached hydrogens (tertiary/aromatic N) is 4. The molecule has 0 bridgehead atoms. The predicted octanol–water partition coefficient (Wildman–Crippen LogP) is 4.21. The van der Waals surface area contributed by atoms with Gasteiger partial charge < -0.3 is 4.90 Å². The number of aromatic nitrogens is 2. The summed E-state index contributed by atoms with van der Waals surface area (Å²) >= 11 is 6.23. The van der Waals surface area contributed by atoms with Crippen molar-refractivity contribution in [3.8, 4) is 11.3 Å². The SMILES string of the molecule is C=C(Cl)n1nc(-c2ccccc2)c(N2CCCCC2)c1N(C)OC. The van der Waals surface area contributed by atoms with Gasteiger partial charge in [0.2, 0.25) is 0 Å². The zero-order valence-corrected chi connectivity index (χ0v) is 15.0. The summed E-state index contributed by atoms with van der Waals surface area (Å²) in [6.07, 6.45) is 3.62. The number of rotatable bonds is 5. The first kappa shape index (κ1) is 16.9. The van der Waals surface area contributed by atoms with Gasteiger partial charge in [-0.25, -0.2) is 9.75 Å². The van der Waals surface area contributed by atoms with E-state index in [1.807, 2.05) is 25.2 Å². The molecule has 128 valence electrons. The van der Waals surface area contributed by atoms with E-state index < -0.39 is 0 Å². The molecule has 1 aliphatic rings. The summed E-state index contributed by atoms with van der Waals surface area (Å²) in [6.45, 7) is 5.87. The summed E-state index contributed by atoms with van der Waals surface area (Å²) in [7, 11) is 3.49. The molecule has 0 spiro atoms. The van der Waals surface area contributed by atoms with E-state index in [9.17, 15) is 0 Å². The lowest BCUT2D eigenvalue weighted by atomic mass is 10.1. The first-order chi connectivity index (χ1) is 11.6. The molecule has 24 heavy (non-hydrogen) atoms. The fraction of sp³-hybridized carbons (Fsp3) is 0.389. The van der Waals surface area contributed by atoms with Crippen LogP contribution in [-0.4, -0.2) is 37.0 Å². The number of hydrogen-bond acceptors (Lipinski definition) is 4. The van der Waals surface area contributed by atoms with Crippen molar-refractivity contribution in [1.82, 2.24) is 9.78 Å². The topological polar surface area (TPSA) is 33.5 Å². The largest absolute Gasteiger partial charge is 0.367 e. The summed E-state index contributed by atoms with van der Waals surface area (Å²) in [5.74, 6) is 0.804. The molecule has 5 nitrogen and oxygen atoms in total. The third-order valence-electron chi connectivity index (χ3n) is 4.36. The number of anilines is 2. The summed E-state index contributed by atoms with van der Waals surface area (Å²) in [5.41, 5.74) is 3.01. The van der Waals surface area contributed by atoms with E-state index in [1.54, 1.807) is 16.9 Å². The molecule has 1 fully saturated rings. The van der Waals surface area contributed by atoms with Crippen LogP contribution in [0.2, 0.25) is 0 Å². The summed E-state index contributed by atoms with van der Waals surface area (Å²) < 4.78 is 1.65. The average molecular weight is 347 g/mol. The first-order valence-corrected chi connectivity index (χ1v) is 8.57. The number of hydroxylamine groups is 1. The molecule has 0 radical (unpaired) electrons. The number of piperidine rings is 1. The zero-order chi connectivity index (χ0) is 17.1. The maximum atomic E-state index is 6.23. The van der Waals surface area contributed by atoms with Gasteiger partial charge in [0.05, 0.1) is 7.11 Å². The van der Waals surface area contributed by atoms with Gasteiger partial charge in [-0.05, 0) is 19.3 Å². The highest BCUT2D eigenvalue weighted by Crippen LogP contribution is 2.41. The molecule has 1 aromatic carbocycles. The Bertz CT molecular complexity index is 707. The average Bonchev–Trinajstić information content (AvgIpc) is 3.03. The second-order valence-corrected chi connectivity index (χ2v) is 6.34. The van der Waals surface area contributed by atoms with Crippen molar-refractivity contribution in [1.29, 1.82) is 0 Å². The van der Waals surface area contributed by atoms with Crippen molar-refractivity contribution in [2.75, 3.05) is 37.2 Å². The minimum atomic E-state index is 0.342. The Kier molecular flexibility index (Phi) is 5.11. The summed E-state index contributed by atoms with van der Waals surface area (Å²) in [5, 5.41) is 6.78. The second-order valence-electron chi connectivity index (χ2n) is 5.90. The minimum absolute atomic E-state index is 0.342. The Morgan fingerprint density at radius 2 is 1.88 bits per heavy atom. The van der Waals surface area contributed by atoms with Gasteiger partial charge in [0.15, 0.2) is 5.82 Å². The lowest BCUT2D eigenvalue weighted by Gasteiger charge is -2.31. The van der Waals surface area contributed by atoms with Crippen molar-refractivity contribution >= 4 is 28.3 Å². The van der Waals surface area contributed by atoms with Crippen LogP contribution >= 0.6 is 11.6 Å². The van der Waals surface area contributed by atoms with Crippen LogP contribution in [0.3, 0.4) is 0 Å². The van der Waals surface area contributed by atoms with Crippen LogP contribution in [-0.2, 0) is 4.84 Å². The van der Waals surface area contributed by atoms with Crippen molar-refractivity contribution in [2.45, 2.75) is 19.3 Å². The highest BCUT2D eigenvalue weighted by molar-refractivity contribution is 6.44. The fourth-order valence-corrected chi connectivity index (χ4v) is 3.26. The van der Waals surface area contributed by atoms with Crippen molar-refractivity contribution < 1.29 is 4.84 Å². The third-order valence-corrected chi connectivity index (χ3v) is 4.52.